The van der Waals surface area contributed by atoms with Gasteiger partial charge in [-0.2, -0.15) is 0 Å². The molecule has 0 saturated carbocycles. The van der Waals surface area contributed by atoms with Gasteiger partial charge in [0.15, 0.2) is 0 Å². The maximum Gasteiger partial charge on any atom is 0.304 e. The summed E-state index contributed by atoms with van der Waals surface area (Å²) < 4.78 is 0. The average Bonchev–Trinajstić information content (AvgIpc) is 2.77. The molecule has 2 aromatic carbocycles. The fraction of sp³-hybridized carbons (Fsp3) is 0.400. The zero-order valence-corrected chi connectivity index (χ0v) is 20.1. The summed E-state index contributed by atoms with van der Waals surface area (Å²) in [4.78, 5) is 39.9. The lowest BCUT2D eigenvalue weighted by molar-refractivity contribution is -0.155. The van der Waals surface area contributed by atoms with Gasteiger partial charge in [0.25, 0.3) is 0 Å². The van der Waals surface area contributed by atoms with Crippen molar-refractivity contribution in [3.05, 3.63) is 69.7 Å². The van der Waals surface area contributed by atoms with Gasteiger partial charge in [-0.3, -0.25) is 14.4 Å². The SMILES string of the molecule is CCNC(=O)[C@H](CC)N1C(=O)[C@@H](CC(=O)O)C[C@H](c2cccc(Cl)c2)[C@H]1c1ccc(Cl)cc1. The molecule has 1 fully saturated rings. The highest BCUT2D eigenvalue weighted by molar-refractivity contribution is 6.30. The minimum Gasteiger partial charge on any atom is -0.481 e. The van der Waals surface area contributed by atoms with E-state index in [1.165, 1.54) is 0 Å². The Hall–Kier alpha value is -2.57. The van der Waals surface area contributed by atoms with E-state index in [1.807, 2.05) is 44.2 Å². The van der Waals surface area contributed by atoms with Crippen LogP contribution in [0.15, 0.2) is 48.5 Å². The van der Waals surface area contributed by atoms with Gasteiger partial charge in [0.1, 0.15) is 6.04 Å². The first-order valence-electron chi connectivity index (χ1n) is 11.1. The summed E-state index contributed by atoms with van der Waals surface area (Å²) in [6, 6.07) is 13.4. The molecule has 2 aromatic rings. The molecule has 1 saturated heterocycles. The van der Waals surface area contributed by atoms with E-state index in [2.05, 4.69) is 5.32 Å². The van der Waals surface area contributed by atoms with Crippen molar-refractivity contribution < 1.29 is 19.5 Å². The smallest absolute Gasteiger partial charge is 0.304 e. The number of amides is 2. The molecule has 2 amide bonds. The highest BCUT2D eigenvalue weighted by Gasteiger charge is 2.47. The third-order valence-corrected chi connectivity index (χ3v) is 6.60. The second-order valence-electron chi connectivity index (χ2n) is 8.25. The van der Waals surface area contributed by atoms with E-state index in [-0.39, 0.29) is 24.2 Å². The lowest BCUT2D eigenvalue weighted by Gasteiger charge is -2.47. The van der Waals surface area contributed by atoms with Crippen LogP contribution in [0.5, 0.6) is 0 Å². The Bertz CT molecular complexity index is 1010. The Morgan fingerprint density at radius 2 is 1.79 bits per heavy atom. The summed E-state index contributed by atoms with van der Waals surface area (Å²) in [7, 11) is 0. The zero-order chi connectivity index (χ0) is 24.1. The van der Waals surface area contributed by atoms with Gasteiger partial charge >= 0.3 is 5.97 Å². The highest BCUT2D eigenvalue weighted by Crippen LogP contribution is 2.47. The number of hydrogen-bond acceptors (Lipinski definition) is 3. The number of carbonyl (C=O) groups is 3. The number of halogens is 2. The number of nitrogens with one attached hydrogen (secondary N) is 1. The number of nitrogens with zero attached hydrogens (tertiary/aromatic N) is 1. The minimum atomic E-state index is -1.05. The number of carboxylic acids is 1. The van der Waals surface area contributed by atoms with Crippen LogP contribution in [-0.4, -0.2) is 40.4 Å². The van der Waals surface area contributed by atoms with E-state index < -0.39 is 24.0 Å². The predicted molar refractivity (Wildman–Crippen MR) is 128 cm³/mol. The molecule has 33 heavy (non-hydrogen) atoms. The molecule has 8 heteroatoms. The van der Waals surface area contributed by atoms with Gasteiger partial charge < -0.3 is 15.3 Å². The molecule has 0 aliphatic carbocycles. The zero-order valence-electron chi connectivity index (χ0n) is 18.6. The Balaban J connectivity index is 2.20. The molecule has 3 rings (SSSR count). The third-order valence-electron chi connectivity index (χ3n) is 6.11. The van der Waals surface area contributed by atoms with Crippen molar-refractivity contribution in [3.63, 3.8) is 0 Å². The Morgan fingerprint density at radius 3 is 2.36 bits per heavy atom. The molecule has 0 unspecified atom stereocenters. The largest absolute Gasteiger partial charge is 0.481 e. The monoisotopic (exact) mass is 490 g/mol. The first-order chi connectivity index (χ1) is 15.8. The van der Waals surface area contributed by atoms with Crippen LogP contribution in [-0.2, 0) is 14.4 Å². The molecule has 1 heterocycles. The van der Waals surface area contributed by atoms with Gasteiger partial charge in [-0.1, -0.05) is 54.4 Å². The molecule has 2 N–H and O–H groups in total. The van der Waals surface area contributed by atoms with E-state index in [1.54, 1.807) is 23.1 Å². The van der Waals surface area contributed by atoms with Crippen LogP contribution in [0.2, 0.25) is 10.0 Å². The number of hydrogen-bond donors (Lipinski definition) is 2. The Kier molecular flexibility index (Phi) is 8.38. The molecule has 1 aliphatic rings. The van der Waals surface area contributed by atoms with Crippen LogP contribution in [0.1, 0.15) is 56.2 Å². The second-order valence-corrected chi connectivity index (χ2v) is 9.13. The first kappa shape index (κ1) is 25.1. The number of likely N-dealkylation sites (N-methyl/N-ethyl adjacent to an activating group) is 1. The van der Waals surface area contributed by atoms with Crippen LogP contribution < -0.4 is 5.32 Å². The summed E-state index contributed by atoms with van der Waals surface area (Å²) in [6.07, 6.45) is 0.427. The molecule has 176 valence electrons. The number of rotatable bonds is 8. The fourth-order valence-electron chi connectivity index (χ4n) is 4.72. The molecule has 0 bridgehead atoms. The van der Waals surface area contributed by atoms with Crippen molar-refractivity contribution in [1.82, 2.24) is 10.2 Å². The quantitative estimate of drug-likeness (QED) is 0.541. The van der Waals surface area contributed by atoms with Crippen molar-refractivity contribution in [3.8, 4) is 0 Å². The molecule has 4 atom stereocenters. The van der Waals surface area contributed by atoms with Gasteiger partial charge in [-0.15, -0.1) is 0 Å². The summed E-state index contributed by atoms with van der Waals surface area (Å²) in [6.45, 7) is 4.10. The number of piperidine rings is 1. The van der Waals surface area contributed by atoms with Crippen LogP contribution in [0, 0.1) is 5.92 Å². The first-order valence-corrected chi connectivity index (χ1v) is 11.8. The third kappa shape index (κ3) is 5.68. The number of likely N-dealkylation sites (tertiary alicyclic amines) is 1. The van der Waals surface area contributed by atoms with Crippen LogP contribution in [0.25, 0.3) is 0 Å². The van der Waals surface area contributed by atoms with Crippen molar-refractivity contribution in [2.24, 2.45) is 5.92 Å². The Morgan fingerprint density at radius 1 is 1.09 bits per heavy atom. The van der Waals surface area contributed by atoms with E-state index in [0.717, 1.165) is 11.1 Å². The summed E-state index contributed by atoms with van der Waals surface area (Å²) in [5.74, 6) is -2.63. The maximum absolute atomic E-state index is 13.7. The molecule has 0 aromatic heterocycles. The van der Waals surface area contributed by atoms with Crippen molar-refractivity contribution in [1.29, 1.82) is 0 Å². The van der Waals surface area contributed by atoms with E-state index in [0.29, 0.717) is 29.4 Å². The van der Waals surface area contributed by atoms with Gasteiger partial charge in [-0.25, -0.2) is 0 Å². The summed E-state index contributed by atoms with van der Waals surface area (Å²) in [5.41, 5.74) is 1.72. The molecular formula is C25H28Cl2N2O4. The summed E-state index contributed by atoms with van der Waals surface area (Å²) >= 11 is 12.4. The average molecular weight is 491 g/mol. The van der Waals surface area contributed by atoms with Gasteiger partial charge in [0.05, 0.1) is 12.5 Å². The van der Waals surface area contributed by atoms with Crippen LogP contribution >= 0.6 is 23.2 Å². The number of carbonyl (C=O) groups excluding carboxylic acids is 2. The predicted octanol–water partition coefficient (Wildman–Crippen LogP) is 5.06. The lowest BCUT2D eigenvalue weighted by atomic mass is 9.74. The van der Waals surface area contributed by atoms with Crippen molar-refractivity contribution in [2.45, 2.75) is 51.1 Å². The standard InChI is InChI=1S/C25H28Cl2N2O4/c1-3-21(24(32)28-4-2)29-23(15-8-10-18(26)11-9-15)20(16-6-5-7-19(27)12-16)13-17(25(29)33)14-22(30)31/h5-12,17,20-21,23H,3-4,13-14H2,1-2H3,(H,28,32)(H,30,31)/t17-,20-,21+,23-/m1/s1. The number of carboxylic acid groups (broad SMARTS) is 1. The molecular weight excluding hydrogens is 463 g/mol. The van der Waals surface area contributed by atoms with E-state index in [4.69, 9.17) is 23.2 Å². The van der Waals surface area contributed by atoms with Crippen LogP contribution in [0.4, 0.5) is 0 Å². The van der Waals surface area contributed by atoms with E-state index in [9.17, 15) is 19.5 Å². The van der Waals surface area contributed by atoms with Crippen molar-refractivity contribution in [2.75, 3.05) is 6.54 Å². The fourth-order valence-corrected chi connectivity index (χ4v) is 5.04. The second kappa shape index (κ2) is 11.0. The highest BCUT2D eigenvalue weighted by atomic mass is 35.5. The van der Waals surface area contributed by atoms with Gasteiger partial charge in [-0.05, 0) is 55.2 Å². The topological polar surface area (TPSA) is 86.7 Å². The molecule has 0 radical (unpaired) electrons. The molecule has 6 nitrogen and oxygen atoms in total. The summed E-state index contributed by atoms with van der Waals surface area (Å²) in [5, 5.41) is 13.4. The number of aliphatic carboxylic acids is 1. The van der Waals surface area contributed by atoms with Crippen molar-refractivity contribution >= 4 is 41.0 Å². The molecule has 0 spiro atoms. The van der Waals surface area contributed by atoms with Gasteiger partial charge in [0.2, 0.25) is 11.8 Å². The Labute approximate surface area is 203 Å². The minimum absolute atomic E-state index is 0.254. The maximum atomic E-state index is 13.7. The number of benzene rings is 2. The van der Waals surface area contributed by atoms with Gasteiger partial charge in [0, 0.05) is 28.4 Å². The molecule has 1 aliphatic heterocycles. The lowest BCUT2D eigenvalue weighted by Crippen LogP contribution is -2.56. The van der Waals surface area contributed by atoms with E-state index >= 15 is 0 Å². The normalized spacial score (nSPS) is 21.5. The van der Waals surface area contributed by atoms with Crippen LogP contribution in [0.3, 0.4) is 0 Å².